The maximum absolute atomic E-state index is 7.42. The zero-order chi connectivity index (χ0) is 11.3. The van der Waals surface area contributed by atoms with Crippen molar-refractivity contribution >= 4 is 5.84 Å². The second kappa shape index (κ2) is 5.47. The highest BCUT2D eigenvalue weighted by atomic mass is 16.5. The first-order valence-electron chi connectivity index (χ1n) is 5.56. The minimum absolute atomic E-state index is 0.199. The molecule has 0 spiro atoms. The van der Waals surface area contributed by atoms with E-state index in [0.29, 0.717) is 0 Å². The highest BCUT2D eigenvalue weighted by Gasteiger charge is 2.21. The van der Waals surface area contributed by atoms with Crippen LogP contribution in [-0.2, 0) is 9.47 Å². The second-order valence-corrected chi connectivity index (χ2v) is 4.76. The average Bonchev–Trinajstić information content (AvgIpc) is 2.64. The van der Waals surface area contributed by atoms with Crippen LogP contribution in [0.15, 0.2) is 0 Å². The number of rotatable bonds is 6. The SMILES string of the molecule is CC(C)(CCCOC1CCOC1)C(=N)N. The zero-order valence-corrected chi connectivity index (χ0v) is 9.71. The zero-order valence-electron chi connectivity index (χ0n) is 9.71. The molecule has 3 N–H and O–H groups in total. The molecule has 0 saturated carbocycles. The Morgan fingerprint density at radius 1 is 1.60 bits per heavy atom. The van der Waals surface area contributed by atoms with Gasteiger partial charge in [-0.3, -0.25) is 5.41 Å². The van der Waals surface area contributed by atoms with Crippen LogP contribution in [-0.4, -0.2) is 31.8 Å². The van der Waals surface area contributed by atoms with Gasteiger partial charge in [0.2, 0.25) is 0 Å². The van der Waals surface area contributed by atoms with E-state index in [1.54, 1.807) is 0 Å². The summed E-state index contributed by atoms with van der Waals surface area (Å²) in [5.74, 6) is 0.256. The number of nitrogens with one attached hydrogen (secondary N) is 1. The molecule has 1 heterocycles. The molecule has 0 bridgehead atoms. The fourth-order valence-corrected chi connectivity index (χ4v) is 1.54. The van der Waals surface area contributed by atoms with E-state index >= 15 is 0 Å². The van der Waals surface area contributed by atoms with Crippen LogP contribution >= 0.6 is 0 Å². The highest BCUT2D eigenvalue weighted by Crippen LogP contribution is 2.22. The van der Waals surface area contributed by atoms with Gasteiger partial charge < -0.3 is 15.2 Å². The predicted molar refractivity (Wildman–Crippen MR) is 60.1 cm³/mol. The van der Waals surface area contributed by atoms with E-state index in [4.69, 9.17) is 20.6 Å². The van der Waals surface area contributed by atoms with Crippen LogP contribution in [0, 0.1) is 10.8 Å². The van der Waals surface area contributed by atoms with Crippen molar-refractivity contribution in [1.29, 1.82) is 5.41 Å². The van der Waals surface area contributed by atoms with Crippen molar-refractivity contribution in [3.8, 4) is 0 Å². The predicted octanol–water partition coefficient (Wildman–Crippen LogP) is 1.53. The van der Waals surface area contributed by atoms with Crippen molar-refractivity contribution < 1.29 is 9.47 Å². The van der Waals surface area contributed by atoms with Gasteiger partial charge in [-0.1, -0.05) is 13.8 Å². The number of nitrogens with two attached hydrogens (primary N) is 1. The normalized spacial score (nSPS) is 21.9. The van der Waals surface area contributed by atoms with Gasteiger partial charge in [0.1, 0.15) is 0 Å². The Morgan fingerprint density at radius 3 is 2.87 bits per heavy atom. The molecule has 1 aliphatic rings. The van der Waals surface area contributed by atoms with Crippen molar-refractivity contribution in [3.05, 3.63) is 0 Å². The third kappa shape index (κ3) is 4.18. The molecule has 1 saturated heterocycles. The Kier molecular flexibility index (Phi) is 4.54. The fourth-order valence-electron chi connectivity index (χ4n) is 1.54. The monoisotopic (exact) mass is 214 g/mol. The molecule has 1 atom stereocenters. The summed E-state index contributed by atoms with van der Waals surface area (Å²) in [6.07, 6.45) is 3.14. The van der Waals surface area contributed by atoms with Gasteiger partial charge >= 0.3 is 0 Å². The van der Waals surface area contributed by atoms with Gasteiger partial charge in [-0.15, -0.1) is 0 Å². The minimum Gasteiger partial charge on any atom is -0.387 e. The first-order chi connectivity index (χ1) is 7.02. The van der Waals surface area contributed by atoms with E-state index in [-0.39, 0.29) is 17.4 Å². The molecule has 1 fully saturated rings. The second-order valence-electron chi connectivity index (χ2n) is 4.76. The van der Waals surface area contributed by atoms with Crippen molar-refractivity contribution in [2.75, 3.05) is 19.8 Å². The molecule has 0 aliphatic carbocycles. The molecule has 0 radical (unpaired) electrons. The Labute approximate surface area is 91.6 Å². The van der Waals surface area contributed by atoms with Crippen LogP contribution in [0.4, 0.5) is 0 Å². The van der Waals surface area contributed by atoms with Gasteiger partial charge in [0, 0.05) is 18.6 Å². The number of amidine groups is 1. The maximum atomic E-state index is 7.42. The van der Waals surface area contributed by atoms with E-state index in [0.717, 1.165) is 39.1 Å². The summed E-state index contributed by atoms with van der Waals surface area (Å²) < 4.78 is 10.9. The number of hydrogen-bond acceptors (Lipinski definition) is 3. The molecular weight excluding hydrogens is 192 g/mol. The van der Waals surface area contributed by atoms with Crippen molar-refractivity contribution in [1.82, 2.24) is 0 Å². The molecule has 0 amide bonds. The quantitative estimate of drug-likeness (QED) is 0.400. The van der Waals surface area contributed by atoms with Gasteiger partial charge in [0.15, 0.2) is 0 Å². The van der Waals surface area contributed by atoms with E-state index in [2.05, 4.69) is 0 Å². The molecule has 1 unspecified atom stereocenters. The molecular formula is C11H22N2O2. The summed E-state index contributed by atoms with van der Waals surface area (Å²) in [7, 11) is 0. The van der Waals surface area contributed by atoms with Crippen LogP contribution in [0.3, 0.4) is 0 Å². The lowest BCUT2D eigenvalue weighted by Gasteiger charge is -2.22. The summed E-state index contributed by atoms with van der Waals surface area (Å²) in [6, 6.07) is 0. The Balaban J connectivity index is 2.08. The Morgan fingerprint density at radius 2 is 2.33 bits per heavy atom. The lowest BCUT2D eigenvalue weighted by Crippen LogP contribution is -2.31. The lowest BCUT2D eigenvalue weighted by atomic mass is 9.87. The summed E-state index contributed by atoms with van der Waals surface area (Å²) in [5.41, 5.74) is 5.30. The smallest absolute Gasteiger partial charge is 0.0963 e. The molecule has 0 aromatic rings. The first kappa shape index (κ1) is 12.5. The van der Waals surface area contributed by atoms with E-state index in [1.165, 1.54) is 0 Å². The molecule has 15 heavy (non-hydrogen) atoms. The third-order valence-corrected chi connectivity index (χ3v) is 2.92. The van der Waals surface area contributed by atoms with Crippen molar-refractivity contribution in [2.24, 2.45) is 11.1 Å². The molecule has 0 aromatic carbocycles. The summed E-state index contributed by atoms with van der Waals surface area (Å²) in [5, 5.41) is 7.42. The van der Waals surface area contributed by atoms with Gasteiger partial charge in [-0.2, -0.15) is 0 Å². The van der Waals surface area contributed by atoms with Crippen LogP contribution in [0.25, 0.3) is 0 Å². The largest absolute Gasteiger partial charge is 0.387 e. The van der Waals surface area contributed by atoms with Crippen molar-refractivity contribution in [2.45, 2.75) is 39.2 Å². The molecule has 1 aliphatic heterocycles. The summed E-state index contributed by atoms with van der Waals surface area (Å²) in [4.78, 5) is 0. The van der Waals surface area contributed by atoms with Crippen LogP contribution < -0.4 is 5.73 Å². The number of hydrogen-bond donors (Lipinski definition) is 2. The van der Waals surface area contributed by atoms with Crippen molar-refractivity contribution in [3.63, 3.8) is 0 Å². The molecule has 4 heteroatoms. The van der Waals surface area contributed by atoms with Crippen LogP contribution in [0.2, 0.25) is 0 Å². The number of ether oxygens (including phenoxy) is 2. The Bertz CT molecular complexity index is 211. The summed E-state index contributed by atoms with van der Waals surface area (Å²) in [6.45, 7) is 6.28. The van der Waals surface area contributed by atoms with Gasteiger partial charge in [0.05, 0.1) is 18.5 Å². The van der Waals surface area contributed by atoms with E-state index < -0.39 is 0 Å². The molecule has 0 aromatic heterocycles. The lowest BCUT2D eigenvalue weighted by molar-refractivity contribution is 0.0387. The molecule has 1 rings (SSSR count). The maximum Gasteiger partial charge on any atom is 0.0963 e. The van der Waals surface area contributed by atoms with Gasteiger partial charge in [0.25, 0.3) is 0 Å². The third-order valence-electron chi connectivity index (χ3n) is 2.92. The van der Waals surface area contributed by atoms with Crippen LogP contribution in [0.5, 0.6) is 0 Å². The summed E-state index contributed by atoms with van der Waals surface area (Å²) >= 11 is 0. The topological polar surface area (TPSA) is 68.3 Å². The minimum atomic E-state index is -0.199. The standard InChI is InChI=1S/C11H22N2O2/c1-11(2,10(12)13)5-3-6-15-9-4-7-14-8-9/h9H,3-8H2,1-2H3,(H3,12,13). The molecule has 4 nitrogen and oxygen atoms in total. The average molecular weight is 214 g/mol. The fraction of sp³-hybridized carbons (Fsp3) is 0.909. The highest BCUT2D eigenvalue weighted by molar-refractivity contribution is 5.82. The van der Waals surface area contributed by atoms with E-state index in [1.807, 2.05) is 13.8 Å². The van der Waals surface area contributed by atoms with E-state index in [9.17, 15) is 0 Å². The van der Waals surface area contributed by atoms with Gasteiger partial charge in [-0.25, -0.2) is 0 Å². The van der Waals surface area contributed by atoms with Crippen LogP contribution in [0.1, 0.15) is 33.1 Å². The molecule has 88 valence electrons. The van der Waals surface area contributed by atoms with Gasteiger partial charge in [-0.05, 0) is 19.3 Å². The Hall–Kier alpha value is -0.610. The first-order valence-corrected chi connectivity index (χ1v) is 5.56.